The highest BCUT2D eigenvalue weighted by Gasteiger charge is 2.13. The normalized spacial score (nSPS) is 14.2. The Morgan fingerprint density at radius 3 is 2.73 bits per heavy atom. The van der Waals surface area contributed by atoms with Gasteiger partial charge in [0.2, 0.25) is 0 Å². The molecular formula is C29H28N6O2. The van der Waals surface area contributed by atoms with Crippen molar-refractivity contribution >= 4 is 39.0 Å². The summed E-state index contributed by atoms with van der Waals surface area (Å²) in [6.07, 6.45) is 3.47. The van der Waals surface area contributed by atoms with Crippen LogP contribution < -0.4 is 10.6 Å². The van der Waals surface area contributed by atoms with Gasteiger partial charge in [0.25, 0.3) is 5.91 Å². The number of hydrogen-bond donors (Lipinski definition) is 2. The van der Waals surface area contributed by atoms with Gasteiger partial charge in [-0.25, -0.2) is 9.67 Å². The quantitative estimate of drug-likeness (QED) is 0.351. The number of hydrogen-bond acceptors (Lipinski definition) is 6. The Kier molecular flexibility index (Phi) is 6.49. The predicted molar refractivity (Wildman–Crippen MR) is 146 cm³/mol. The summed E-state index contributed by atoms with van der Waals surface area (Å²) in [6.45, 7) is 4.71. The van der Waals surface area contributed by atoms with E-state index < -0.39 is 0 Å². The third kappa shape index (κ3) is 5.02. The molecule has 186 valence electrons. The number of nitrogens with one attached hydrogen (secondary N) is 2. The number of rotatable bonds is 7. The number of carbonyl (C=O) groups excluding carboxylic acids is 1. The lowest BCUT2D eigenvalue weighted by atomic mass is 10.1. The smallest absolute Gasteiger partial charge is 0.251 e. The van der Waals surface area contributed by atoms with E-state index in [2.05, 4.69) is 62.0 Å². The van der Waals surface area contributed by atoms with Gasteiger partial charge >= 0.3 is 0 Å². The second-order valence-corrected chi connectivity index (χ2v) is 9.09. The van der Waals surface area contributed by atoms with E-state index in [4.69, 9.17) is 4.74 Å². The fraction of sp³-hybridized carbons (Fsp3) is 0.207. The molecule has 0 aliphatic carbocycles. The lowest BCUT2D eigenvalue weighted by Gasteiger charge is -2.26. The lowest BCUT2D eigenvalue weighted by Crippen LogP contribution is -2.41. The Bertz CT molecular complexity index is 1550. The molecule has 3 heterocycles. The maximum absolute atomic E-state index is 12.8. The van der Waals surface area contributed by atoms with Gasteiger partial charge in [-0.2, -0.15) is 5.10 Å². The summed E-state index contributed by atoms with van der Waals surface area (Å²) < 4.78 is 7.14. The van der Waals surface area contributed by atoms with Crippen molar-refractivity contribution in [3.63, 3.8) is 0 Å². The first-order valence-corrected chi connectivity index (χ1v) is 12.5. The van der Waals surface area contributed by atoms with Crippen LogP contribution in [-0.2, 0) is 4.74 Å². The molecule has 1 fully saturated rings. The minimum Gasteiger partial charge on any atom is -0.379 e. The molecule has 1 aliphatic rings. The van der Waals surface area contributed by atoms with Crippen LogP contribution in [-0.4, -0.2) is 65.0 Å². The number of fused-ring (bicyclic) bond motifs is 2. The molecule has 2 N–H and O–H groups in total. The molecule has 6 rings (SSSR count). The average molecular weight is 493 g/mol. The van der Waals surface area contributed by atoms with E-state index >= 15 is 0 Å². The minimum atomic E-state index is -0.116. The molecule has 0 bridgehead atoms. The molecule has 0 radical (unpaired) electrons. The Morgan fingerprint density at radius 1 is 0.946 bits per heavy atom. The third-order valence-electron chi connectivity index (χ3n) is 6.68. The standard InChI is InChI=1S/C29H28N6O2/c36-29(31-12-13-34-14-16-37-17-15-34)22-10-11-30-28(19-22)35-27-9-8-24(18-23(27)20-32-35)33-26-7-3-5-21-4-1-2-6-25(21)26/h1-11,18-20,33H,12-17H2,(H,31,36). The van der Waals surface area contributed by atoms with Crippen LogP contribution in [0.25, 0.3) is 27.5 Å². The molecule has 5 aromatic rings. The SMILES string of the molecule is O=C(NCCN1CCOCC1)c1ccnc(-n2ncc3cc(Nc4cccc5ccccc45)ccc32)c1. The van der Waals surface area contributed by atoms with E-state index in [0.29, 0.717) is 17.9 Å². The number of carbonyl (C=O) groups is 1. The molecule has 2 aromatic heterocycles. The summed E-state index contributed by atoms with van der Waals surface area (Å²) in [6, 6.07) is 24.2. The second kappa shape index (κ2) is 10.4. The molecular weight excluding hydrogens is 464 g/mol. The van der Waals surface area contributed by atoms with Crippen LogP contribution in [0.2, 0.25) is 0 Å². The number of morpholine rings is 1. The molecule has 8 nitrogen and oxygen atoms in total. The molecule has 0 atom stereocenters. The third-order valence-corrected chi connectivity index (χ3v) is 6.68. The number of anilines is 2. The van der Waals surface area contributed by atoms with Crippen LogP contribution in [0, 0.1) is 0 Å². The average Bonchev–Trinajstić information content (AvgIpc) is 3.37. The summed E-state index contributed by atoms with van der Waals surface area (Å²) in [4.78, 5) is 19.5. The first-order chi connectivity index (χ1) is 18.2. The molecule has 3 aromatic carbocycles. The van der Waals surface area contributed by atoms with Gasteiger partial charge < -0.3 is 15.4 Å². The van der Waals surface area contributed by atoms with Crippen molar-refractivity contribution < 1.29 is 9.53 Å². The first kappa shape index (κ1) is 23.1. The highest BCUT2D eigenvalue weighted by atomic mass is 16.5. The predicted octanol–water partition coefficient (Wildman–Crippen LogP) is 4.38. The molecule has 0 saturated carbocycles. The van der Waals surface area contributed by atoms with Gasteiger partial charge in [0.05, 0.1) is 24.9 Å². The summed E-state index contributed by atoms with van der Waals surface area (Å²) >= 11 is 0. The zero-order valence-corrected chi connectivity index (χ0v) is 20.4. The molecule has 0 spiro atoms. The van der Waals surface area contributed by atoms with Gasteiger partial charge in [-0.05, 0) is 41.8 Å². The Morgan fingerprint density at radius 2 is 1.81 bits per heavy atom. The van der Waals surface area contributed by atoms with E-state index in [1.54, 1.807) is 23.0 Å². The van der Waals surface area contributed by atoms with Gasteiger partial charge in [-0.15, -0.1) is 0 Å². The zero-order valence-electron chi connectivity index (χ0n) is 20.4. The largest absolute Gasteiger partial charge is 0.379 e. The molecule has 0 unspecified atom stereocenters. The molecule has 1 aliphatic heterocycles. The maximum atomic E-state index is 12.8. The number of ether oxygens (including phenoxy) is 1. The summed E-state index contributed by atoms with van der Waals surface area (Å²) in [5.41, 5.74) is 3.51. The number of nitrogens with zero attached hydrogens (tertiary/aromatic N) is 4. The second-order valence-electron chi connectivity index (χ2n) is 9.09. The van der Waals surface area contributed by atoms with Crippen molar-refractivity contribution in [2.45, 2.75) is 0 Å². The van der Waals surface area contributed by atoms with E-state index in [9.17, 15) is 4.79 Å². The van der Waals surface area contributed by atoms with Crippen molar-refractivity contribution in [3.05, 3.63) is 90.8 Å². The summed E-state index contributed by atoms with van der Waals surface area (Å²) in [5.74, 6) is 0.487. The fourth-order valence-corrected chi connectivity index (χ4v) is 4.71. The Labute approximate surface area is 214 Å². The highest BCUT2D eigenvalue weighted by molar-refractivity contribution is 5.96. The van der Waals surface area contributed by atoms with Gasteiger partial charge in [-0.1, -0.05) is 36.4 Å². The number of amides is 1. The van der Waals surface area contributed by atoms with Crippen molar-refractivity contribution in [2.24, 2.45) is 0 Å². The first-order valence-electron chi connectivity index (χ1n) is 12.5. The maximum Gasteiger partial charge on any atom is 0.251 e. The Hall–Kier alpha value is -4.27. The summed E-state index contributed by atoms with van der Waals surface area (Å²) in [5, 5.41) is 14.5. The number of benzene rings is 3. The molecule has 37 heavy (non-hydrogen) atoms. The van der Waals surface area contributed by atoms with Gasteiger partial charge in [0.15, 0.2) is 5.82 Å². The monoisotopic (exact) mass is 492 g/mol. The van der Waals surface area contributed by atoms with Crippen LogP contribution >= 0.6 is 0 Å². The van der Waals surface area contributed by atoms with Crippen molar-refractivity contribution in [1.29, 1.82) is 0 Å². The number of pyridine rings is 1. The molecule has 1 saturated heterocycles. The van der Waals surface area contributed by atoms with Crippen LogP contribution in [0.4, 0.5) is 11.4 Å². The topological polar surface area (TPSA) is 84.3 Å². The molecule has 1 amide bonds. The van der Waals surface area contributed by atoms with Gasteiger partial charge in [-0.3, -0.25) is 9.69 Å². The van der Waals surface area contributed by atoms with Crippen molar-refractivity contribution in [2.75, 3.05) is 44.7 Å². The molecule has 8 heteroatoms. The highest BCUT2D eigenvalue weighted by Crippen LogP contribution is 2.28. The van der Waals surface area contributed by atoms with E-state index in [0.717, 1.165) is 55.1 Å². The van der Waals surface area contributed by atoms with Gasteiger partial charge in [0, 0.05) is 60.1 Å². The van der Waals surface area contributed by atoms with Crippen molar-refractivity contribution in [1.82, 2.24) is 25.0 Å². The Balaban J connectivity index is 1.18. The van der Waals surface area contributed by atoms with Crippen molar-refractivity contribution in [3.8, 4) is 5.82 Å². The van der Waals surface area contributed by atoms with E-state index in [1.807, 2.05) is 30.5 Å². The minimum absolute atomic E-state index is 0.116. The van der Waals surface area contributed by atoms with E-state index in [-0.39, 0.29) is 5.91 Å². The fourth-order valence-electron chi connectivity index (χ4n) is 4.71. The van der Waals surface area contributed by atoms with Crippen LogP contribution in [0.3, 0.4) is 0 Å². The zero-order chi connectivity index (χ0) is 25.0. The summed E-state index contributed by atoms with van der Waals surface area (Å²) in [7, 11) is 0. The van der Waals surface area contributed by atoms with Crippen LogP contribution in [0.1, 0.15) is 10.4 Å². The van der Waals surface area contributed by atoms with E-state index in [1.165, 1.54) is 10.8 Å². The number of aromatic nitrogens is 3. The van der Waals surface area contributed by atoms with Crippen LogP contribution in [0.15, 0.2) is 85.2 Å². The van der Waals surface area contributed by atoms with Gasteiger partial charge in [0.1, 0.15) is 0 Å². The lowest BCUT2D eigenvalue weighted by molar-refractivity contribution is 0.0383. The van der Waals surface area contributed by atoms with Crippen LogP contribution in [0.5, 0.6) is 0 Å².